The number of nitrogens with one attached hydrogen (secondary N) is 1. The number of rotatable bonds is 8. The van der Waals surface area contributed by atoms with Crippen LogP contribution in [0, 0.1) is 0 Å². The zero-order valence-electron chi connectivity index (χ0n) is 16.8. The van der Waals surface area contributed by atoms with Gasteiger partial charge in [-0.05, 0) is 43.3 Å². The van der Waals surface area contributed by atoms with Crippen LogP contribution < -0.4 is 15.0 Å². The van der Waals surface area contributed by atoms with E-state index in [0.717, 1.165) is 6.26 Å². The maximum absolute atomic E-state index is 11.7. The summed E-state index contributed by atoms with van der Waals surface area (Å²) in [7, 11) is -1.71. The summed E-state index contributed by atoms with van der Waals surface area (Å²) in [6.07, 6.45) is 2.35. The molecule has 3 rings (SSSR count). The first kappa shape index (κ1) is 21.5. The SMILES string of the molecule is COC[C@H](C)Oc1cc(Oc2ccc(S(C)(=O)=O)cc2)cc(-c2nccc(=O)[nH]2)c1. The molecule has 0 aliphatic rings. The molecule has 0 saturated carbocycles. The summed E-state index contributed by atoms with van der Waals surface area (Å²) in [6.45, 7) is 2.26. The third kappa shape index (κ3) is 5.68. The van der Waals surface area contributed by atoms with Crippen LogP contribution in [0.3, 0.4) is 0 Å². The van der Waals surface area contributed by atoms with Crippen molar-refractivity contribution in [2.45, 2.75) is 17.9 Å². The van der Waals surface area contributed by atoms with Gasteiger partial charge in [0.05, 0.1) is 11.5 Å². The lowest BCUT2D eigenvalue weighted by atomic mass is 10.2. The fraction of sp³-hybridized carbons (Fsp3) is 0.238. The van der Waals surface area contributed by atoms with Crippen molar-refractivity contribution >= 4 is 9.84 Å². The normalized spacial score (nSPS) is 12.4. The Bertz CT molecular complexity index is 1170. The van der Waals surface area contributed by atoms with E-state index in [2.05, 4.69) is 9.97 Å². The summed E-state index contributed by atoms with van der Waals surface area (Å²) in [4.78, 5) is 18.7. The average Bonchev–Trinajstić information content (AvgIpc) is 2.67. The second kappa shape index (κ2) is 9.10. The third-order valence-electron chi connectivity index (χ3n) is 4.05. The molecule has 1 atom stereocenters. The number of aromatic nitrogens is 2. The number of benzene rings is 2. The lowest BCUT2D eigenvalue weighted by molar-refractivity contribution is 0.0920. The van der Waals surface area contributed by atoms with Gasteiger partial charge in [-0.1, -0.05) is 0 Å². The van der Waals surface area contributed by atoms with E-state index < -0.39 is 9.84 Å². The Balaban J connectivity index is 1.95. The molecule has 9 heteroatoms. The summed E-state index contributed by atoms with van der Waals surface area (Å²) in [5.41, 5.74) is 0.315. The first-order valence-electron chi connectivity index (χ1n) is 9.09. The molecule has 0 saturated heterocycles. The predicted octanol–water partition coefficient (Wildman–Crippen LogP) is 3.05. The van der Waals surface area contributed by atoms with Crippen LogP contribution in [-0.2, 0) is 14.6 Å². The molecule has 0 radical (unpaired) electrons. The van der Waals surface area contributed by atoms with Crippen molar-refractivity contribution in [3.63, 3.8) is 0 Å². The number of nitrogens with zero attached hydrogens (tertiary/aromatic N) is 1. The highest BCUT2D eigenvalue weighted by Gasteiger charge is 2.12. The number of methoxy groups -OCH3 is 1. The van der Waals surface area contributed by atoms with Gasteiger partial charge in [0.2, 0.25) is 0 Å². The van der Waals surface area contributed by atoms with Crippen LogP contribution in [0.15, 0.2) is 64.4 Å². The van der Waals surface area contributed by atoms with Crippen molar-refractivity contribution in [3.8, 4) is 28.6 Å². The molecule has 0 aliphatic carbocycles. The van der Waals surface area contributed by atoms with E-state index in [4.69, 9.17) is 14.2 Å². The van der Waals surface area contributed by atoms with Gasteiger partial charge < -0.3 is 19.2 Å². The van der Waals surface area contributed by atoms with Crippen LogP contribution >= 0.6 is 0 Å². The van der Waals surface area contributed by atoms with Crippen LogP contribution in [0.2, 0.25) is 0 Å². The maximum atomic E-state index is 11.7. The number of sulfone groups is 1. The maximum Gasteiger partial charge on any atom is 0.251 e. The van der Waals surface area contributed by atoms with E-state index in [0.29, 0.717) is 35.2 Å². The van der Waals surface area contributed by atoms with Gasteiger partial charge in [0.1, 0.15) is 29.2 Å². The lowest BCUT2D eigenvalue weighted by Crippen LogP contribution is -2.18. The fourth-order valence-corrected chi connectivity index (χ4v) is 3.37. The smallest absolute Gasteiger partial charge is 0.251 e. The molecule has 1 aromatic heterocycles. The van der Waals surface area contributed by atoms with E-state index in [1.165, 1.54) is 24.4 Å². The summed E-state index contributed by atoms with van der Waals surface area (Å²) in [6, 6.07) is 12.6. The molecule has 30 heavy (non-hydrogen) atoms. The van der Waals surface area contributed by atoms with Crippen molar-refractivity contribution < 1.29 is 22.6 Å². The largest absolute Gasteiger partial charge is 0.488 e. The quantitative estimate of drug-likeness (QED) is 0.585. The first-order chi connectivity index (χ1) is 14.2. The monoisotopic (exact) mass is 430 g/mol. The zero-order chi connectivity index (χ0) is 21.7. The summed E-state index contributed by atoms with van der Waals surface area (Å²) in [5, 5.41) is 0. The Morgan fingerprint density at radius 2 is 1.73 bits per heavy atom. The highest BCUT2D eigenvalue weighted by Crippen LogP contribution is 2.31. The van der Waals surface area contributed by atoms with Crippen molar-refractivity contribution in [2.75, 3.05) is 20.0 Å². The number of aromatic amines is 1. The van der Waals surface area contributed by atoms with E-state index in [-0.39, 0.29) is 16.6 Å². The molecule has 0 bridgehead atoms. The Hall–Kier alpha value is -3.17. The van der Waals surface area contributed by atoms with Crippen molar-refractivity contribution in [1.82, 2.24) is 9.97 Å². The Morgan fingerprint density at radius 3 is 2.37 bits per heavy atom. The van der Waals surface area contributed by atoms with E-state index in [9.17, 15) is 13.2 Å². The number of hydrogen-bond acceptors (Lipinski definition) is 7. The fourth-order valence-electron chi connectivity index (χ4n) is 2.74. The summed E-state index contributed by atoms with van der Waals surface area (Å²) in [5.74, 6) is 1.76. The van der Waals surface area contributed by atoms with Gasteiger partial charge in [0, 0.05) is 37.3 Å². The molecule has 0 unspecified atom stereocenters. The summed E-state index contributed by atoms with van der Waals surface area (Å²) < 4.78 is 40.1. The van der Waals surface area contributed by atoms with E-state index in [1.54, 1.807) is 37.4 Å². The molecule has 0 spiro atoms. The Labute approximate surface area is 174 Å². The second-order valence-electron chi connectivity index (χ2n) is 6.71. The van der Waals surface area contributed by atoms with Gasteiger partial charge >= 0.3 is 0 Å². The predicted molar refractivity (Wildman–Crippen MR) is 112 cm³/mol. The highest BCUT2D eigenvalue weighted by molar-refractivity contribution is 7.90. The van der Waals surface area contributed by atoms with E-state index in [1.807, 2.05) is 6.92 Å². The van der Waals surface area contributed by atoms with Gasteiger partial charge in [0.25, 0.3) is 5.56 Å². The van der Waals surface area contributed by atoms with Gasteiger partial charge in [-0.15, -0.1) is 0 Å². The molecular formula is C21H22N2O6S. The van der Waals surface area contributed by atoms with Crippen LogP contribution in [0.1, 0.15) is 6.92 Å². The van der Waals surface area contributed by atoms with Crippen molar-refractivity contribution in [3.05, 3.63) is 65.1 Å². The minimum atomic E-state index is -3.29. The van der Waals surface area contributed by atoms with Gasteiger partial charge in [-0.2, -0.15) is 0 Å². The number of ether oxygens (including phenoxy) is 3. The Kier molecular flexibility index (Phi) is 6.53. The topological polar surface area (TPSA) is 108 Å². The number of hydrogen-bond donors (Lipinski definition) is 1. The van der Waals surface area contributed by atoms with E-state index >= 15 is 0 Å². The lowest BCUT2D eigenvalue weighted by Gasteiger charge is -2.16. The molecule has 2 aromatic carbocycles. The minimum absolute atomic E-state index is 0.201. The second-order valence-corrected chi connectivity index (χ2v) is 8.72. The standard InChI is InChI=1S/C21H22N2O6S/c1-14(13-27-2)28-17-10-15(21-22-9-8-20(24)23-21)11-18(12-17)29-16-4-6-19(7-5-16)30(3,25)26/h4-12,14H,13H2,1-3H3,(H,22,23,24)/t14-/m0/s1. The van der Waals surface area contributed by atoms with Gasteiger partial charge in [-0.3, -0.25) is 4.79 Å². The molecule has 158 valence electrons. The molecular weight excluding hydrogens is 408 g/mol. The molecule has 0 amide bonds. The van der Waals surface area contributed by atoms with Crippen LogP contribution in [0.5, 0.6) is 17.2 Å². The first-order valence-corrected chi connectivity index (χ1v) is 11.0. The molecule has 0 fully saturated rings. The molecule has 1 heterocycles. The number of H-pyrrole nitrogens is 1. The van der Waals surface area contributed by atoms with Crippen LogP contribution in [-0.4, -0.2) is 44.5 Å². The van der Waals surface area contributed by atoms with Gasteiger partial charge in [0.15, 0.2) is 9.84 Å². The molecule has 0 aliphatic heterocycles. The molecule has 1 N–H and O–H groups in total. The van der Waals surface area contributed by atoms with Gasteiger partial charge in [-0.25, -0.2) is 13.4 Å². The summed E-state index contributed by atoms with van der Waals surface area (Å²) >= 11 is 0. The minimum Gasteiger partial charge on any atom is -0.488 e. The molecule has 8 nitrogen and oxygen atoms in total. The third-order valence-corrected chi connectivity index (χ3v) is 5.18. The zero-order valence-corrected chi connectivity index (χ0v) is 17.6. The van der Waals surface area contributed by atoms with Crippen LogP contribution in [0.25, 0.3) is 11.4 Å². The highest BCUT2D eigenvalue weighted by atomic mass is 32.2. The Morgan fingerprint density at radius 1 is 1.03 bits per heavy atom. The average molecular weight is 430 g/mol. The van der Waals surface area contributed by atoms with Crippen molar-refractivity contribution in [2.24, 2.45) is 0 Å². The van der Waals surface area contributed by atoms with Crippen LogP contribution in [0.4, 0.5) is 0 Å². The van der Waals surface area contributed by atoms with Crippen molar-refractivity contribution in [1.29, 1.82) is 0 Å². The molecule has 3 aromatic rings.